The molecule has 2 heteroatoms. The Bertz CT molecular complexity index is 179. The zero-order valence-corrected chi connectivity index (χ0v) is 9.39. The molecule has 0 saturated heterocycles. The second-order valence-corrected chi connectivity index (χ2v) is 4.69. The van der Waals surface area contributed by atoms with Crippen LogP contribution in [0.5, 0.6) is 0 Å². The van der Waals surface area contributed by atoms with Crippen molar-refractivity contribution >= 4 is 0 Å². The summed E-state index contributed by atoms with van der Waals surface area (Å²) in [4.78, 5) is 0. The van der Waals surface area contributed by atoms with Crippen LogP contribution in [0, 0.1) is 5.92 Å². The number of rotatable bonds is 4. The lowest BCUT2D eigenvalue weighted by Crippen LogP contribution is -2.50. The third kappa shape index (κ3) is 3.10. The van der Waals surface area contributed by atoms with Crippen LogP contribution < -0.4 is 11.1 Å². The van der Waals surface area contributed by atoms with E-state index in [1.165, 1.54) is 32.1 Å². The molecule has 0 aromatic carbocycles. The first kappa shape index (κ1) is 11.7. The van der Waals surface area contributed by atoms with Gasteiger partial charge in [0.15, 0.2) is 0 Å². The lowest BCUT2D eigenvalue weighted by Gasteiger charge is -2.32. The van der Waals surface area contributed by atoms with Crippen LogP contribution >= 0.6 is 0 Å². The van der Waals surface area contributed by atoms with Gasteiger partial charge in [-0.15, -0.1) is 6.58 Å². The Morgan fingerprint density at radius 1 is 1.50 bits per heavy atom. The summed E-state index contributed by atoms with van der Waals surface area (Å²) in [5.74, 6) is 0.869. The first-order valence-corrected chi connectivity index (χ1v) is 5.78. The lowest BCUT2D eigenvalue weighted by molar-refractivity contribution is 0.301. The van der Waals surface area contributed by atoms with Crippen molar-refractivity contribution in [2.75, 3.05) is 13.1 Å². The van der Waals surface area contributed by atoms with Gasteiger partial charge in [0.1, 0.15) is 0 Å². The molecule has 1 rings (SSSR count). The first-order valence-electron chi connectivity index (χ1n) is 5.78. The summed E-state index contributed by atoms with van der Waals surface area (Å²) in [6.07, 6.45) is 8.34. The van der Waals surface area contributed by atoms with E-state index >= 15 is 0 Å². The highest BCUT2D eigenvalue weighted by Gasteiger charge is 2.29. The normalized spacial score (nSPS) is 33.7. The Morgan fingerprint density at radius 3 is 2.93 bits per heavy atom. The van der Waals surface area contributed by atoms with Crippen molar-refractivity contribution in [2.24, 2.45) is 11.7 Å². The zero-order chi connectivity index (χ0) is 10.4. The van der Waals surface area contributed by atoms with Gasteiger partial charge in [-0.1, -0.05) is 25.8 Å². The minimum Gasteiger partial charge on any atom is -0.329 e. The van der Waals surface area contributed by atoms with Crippen LogP contribution in [0.15, 0.2) is 12.7 Å². The molecule has 14 heavy (non-hydrogen) atoms. The Morgan fingerprint density at radius 2 is 2.29 bits per heavy atom. The van der Waals surface area contributed by atoms with E-state index in [2.05, 4.69) is 18.8 Å². The molecule has 0 radical (unpaired) electrons. The van der Waals surface area contributed by atoms with E-state index in [0.29, 0.717) is 0 Å². The largest absolute Gasteiger partial charge is 0.329 e. The van der Waals surface area contributed by atoms with Crippen molar-refractivity contribution in [1.82, 2.24) is 5.32 Å². The van der Waals surface area contributed by atoms with Crippen molar-refractivity contribution in [1.29, 1.82) is 0 Å². The quantitative estimate of drug-likeness (QED) is 0.533. The first-order chi connectivity index (χ1) is 6.72. The highest BCUT2D eigenvalue weighted by molar-refractivity contribution is 4.93. The average Bonchev–Trinajstić information content (AvgIpc) is 2.39. The van der Waals surface area contributed by atoms with Crippen molar-refractivity contribution in [3.8, 4) is 0 Å². The predicted octanol–water partition coefficient (Wildman–Crippen LogP) is 2.06. The summed E-state index contributed by atoms with van der Waals surface area (Å²) in [6, 6.07) is 0. The van der Waals surface area contributed by atoms with Crippen LogP contribution in [-0.2, 0) is 0 Å². The van der Waals surface area contributed by atoms with Crippen LogP contribution in [0.1, 0.15) is 39.0 Å². The average molecular weight is 196 g/mol. The van der Waals surface area contributed by atoms with E-state index in [0.717, 1.165) is 19.0 Å². The fourth-order valence-corrected chi connectivity index (χ4v) is 2.32. The van der Waals surface area contributed by atoms with Gasteiger partial charge in [-0.3, -0.25) is 0 Å². The van der Waals surface area contributed by atoms with Crippen molar-refractivity contribution in [2.45, 2.75) is 44.6 Å². The number of hydrogen-bond acceptors (Lipinski definition) is 2. The van der Waals surface area contributed by atoms with E-state index in [1.807, 2.05) is 6.08 Å². The molecular formula is C12H24N2. The Hall–Kier alpha value is -0.340. The molecule has 82 valence electrons. The minimum absolute atomic E-state index is 0.193. The summed E-state index contributed by atoms with van der Waals surface area (Å²) < 4.78 is 0. The summed E-state index contributed by atoms with van der Waals surface area (Å²) >= 11 is 0. The van der Waals surface area contributed by atoms with E-state index < -0.39 is 0 Å². The van der Waals surface area contributed by atoms with Crippen molar-refractivity contribution in [3.05, 3.63) is 12.7 Å². The maximum Gasteiger partial charge on any atom is 0.0306 e. The molecule has 0 amide bonds. The van der Waals surface area contributed by atoms with Crippen molar-refractivity contribution in [3.63, 3.8) is 0 Å². The van der Waals surface area contributed by atoms with Gasteiger partial charge in [-0.25, -0.2) is 0 Å². The topological polar surface area (TPSA) is 38.0 Å². The van der Waals surface area contributed by atoms with Crippen LogP contribution in [-0.4, -0.2) is 18.6 Å². The van der Waals surface area contributed by atoms with Gasteiger partial charge in [0.25, 0.3) is 0 Å². The number of nitrogens with one attached hydrogen (secondary N) is 1. The molecule has 0 heterocycles. The smallest absolute Gasteiger partial charge is 0.0306 e. The molecule has 1 aliphatic rings. The minimum atomic E-state index is 0.193. The summed E-state index contributed by atoms with van der Waals surface area (Å²) in [7, 11) is 0. The predicted molar refractivity (Wildman–Crippen MR) is 62.2 cm³/mol. The van der Waals surface area contributed by atoms with E-state index in [1.54, 1.807) is 0 Å². The molecule has 1 aliphatic carbocycles. The lowest BCUT2D eigenvalue weighted by atomic mass is 9.90. The molecule has 2 unspecified atom stereocenters. The van der Waals surface area contributed by atoms with E-state index in [4.69, 9.17) is 5.73 Å². The van der Waals surface area contributed by atoms with Crippen LogP contribution in [0.3, 0.4) is 0 Å². The molecule has 3 N–H and O–H groups in total. The van der Waals surface area contributed by atoms with Gasteiger partial charge in [0.05, 0.1) is 0 Å². The van der Waals surface area contributed by atoms with Crippen LogP contribution in [0.25, 0.3) is 0 Å². The zero-order valence-electron chi connectivity index (χ0n) is 9.39. The highest BCUT2D eigenvalue weighted by Crippen LogP contribution is 2.29. The second-order valence-electron chi connectivity index (χ2n) is 4.69. The maximum atomic E-state index is 5.90. The van der Waals surface area contributed by atoms with Gasteiger partial charge >= 0.3 is 0 Å². The molecule has 0 spiro atoms. The summed E-state index contributed by atoms with van der Waals surface area (Å²) in [6.45, 7) is 7.73. The molecule has 0 aromatic heterocycles. The molecule has 2 nitrogen and oxygen atoms in total. The second kappa shape index (κ2) is 5.52. The van der Waals surface area contributed by atoms with Gasteiger partial charge in [-0.2, -0.15) is 0 Å². The fraction of sp³-hybridized carbons (Fsp3) is 0.833. The van der Waals surface area contributed by atoms with E-state index in [-0.39, 0.29) is 5.54 Å². The third-order valence-electron chi connectivity index (χ3n) is 3.48. The molecule has 1 fully saturated rings. The third-order valence-corrected chi connectivity index (χ3v) is 3.48. The molecule has 0 bridgehead atoms. The maximum absolute atomic E-state index is 5.90. The van der Waals surface area contributed by atoms with Crippen LogP contribution in [0.4, 0.5) is 0 Å². The fourth-order valence-electron chi connectivity index (χ4n) is 2.32. The summed E-state index contributed by atoms with van der Waals surface area (Å²) in [5.41, 5.74) is 6.09. The monoisotopic (exact) mass is 196 g/mol. The number of nitrogens with two attached hydrogens (primary N) is 1. The Balaban J connectivity index is 2.52. The van der Waals surface area contributed by atoms with Gasteiger partial charge in [0.2, 0.25) is 0 Å². The Kier molecular flexibility index (Phi) is 4.63. The Labute approximate surface area is 87.9 Å². The number of hydrogen-bond donors (Lipinski definition) is 2. The van der Waals surface area contributed by atoms with Crippen molar-refractivity contribution < 1.29 is 0 Å². The SMILES string of the molecule is C=CCNC1(CN)CCCC(C)CC1. The van der Waals surface area contributed by atoms with Gasteiger partial charge in [-0.05, 0) is 25.2 Å². The molecule has 0 aromatic rings. The van der Waals surface area contributed by atoms with Gasteiger partial charge in [0, 0.05) is 18.6 Å². The molecule has 1 saturated carbocycles. The molecule has 0 aliphatic heterocycles. The van der Waals surface area contributed by atoms with Crippen LogP contribution in [0.2, 0.25) is 0 Å². The molecular weight excluding hydrogens is 172 g/mol. The molecule has 2 atom stereocenters. The van der Waals surface area contributed by atoms with Gasteiger partial charge < -0.3 is 11.1 Å². The standard InChI is InChI=1S/C12H24N2/c1-3-9-14-12(10-13)7-4-5-11(2)6-8-12/h3,11,14H,1,4-10,13H2,2H3. The summed E-state index contributed by atoms with van der Waals surface area (Å²) in [5, 5.41) is 3.55. The highest BCUT2D eigenvalue weighted by atomic mass is 15.0. The van der Waals surface area contributed by atoms with E-state index in [9.17, 15) is 0 Å².